The summed E-state index contributed by atoms with van der Waals surface area (Å²) >= 11 is 6.08. The molecule has 0 aromatic heterocycles. The second kappa shape index (κ2) is 6.96. The van der Waals surface area contributed by atoms with Crippen LogP contribution in [0.1, 0.15) is 31.2 Å². The van der Waals surface area contributed by atoms with Crippen molar-refractivity contribution in [3.63, 3.8) is 0 Å². The van der Waals surface area contributed by atoms with E-state index in [-0.39, 0.29) is 23.7 Å². The zero-order valence-corrected chi connectivity index (χ0v) is 12.8. The smallest absolute Gasteiger partial charge is 0.314 e. The molecule has 2 amide bonds. The van der Waals surface area contributed by atoms with Crippen LogP contribution in [-0.2, 0) is 10.2 Å². The molecule has 3 N–H and O–H groups in total. The molecular formula is C15H18ClFN2O3. The van der Waals surface area contributed by atoms with E-state index in [4.69, 9.17) is 16.7 Å². The lowest BCUT2D eigenvalue weighted by atomic mass is 9.96. The Morgan fingerprint density at radius 1 is 1.32 bits per heavy atom. The summed E-state index contributed by atoms with van der Waals surface area (Å²) in [6.45, 7) is 0.728. The number of aliphatic carboxylic acids is 1. The van der Waals surface area contributed by atoms with Gasteiger partial charge in [-0.15, -0.1) is 0 Å². The number of carboxylic acid groups (broad SMARTS) is 1. The maximum absolute atomic E-state index is 13.1. The number of carbonyl (C=O) groups excluding carboxylic acids is 1. The van der Waals surface area contributed by atoms with Gasteiger partial charge < -0.3 is 15.7 Å². The van der Waals surface area contributed by atoms with Gasteiger partial charge in [0.25, 0.3) is 0 Å². The third-order valence-electron chi connectivity index (χ3n) is 3.80. The minimum absolute atomic E-state index is 0.0232. The number of hydrogen-bond donors (Lipinski definition) is 3. The minimum Gasteiger partial charge on any atom is -0.481 e. The lowest BCUT2D eigenvalue weighted by molar-refractivity contribution is -0.137. The molecular weight excluding hydrogens is 311 g/mol. The van der Waals surface area contributed by atoms with Crippen LogP contribution in [0.2, 0.25) is 5.02 Å². The minimum atomic E-state index is -0.884. The van der Waals surface area contributed by atoms with Crippen molar-refractivity contribution in [1.29, 1.82) is 0 Å². The summed E-state index contributed by atoms with van der Waals surface area (Å²) in [6, 6.07) is 3.97. The van der Waals surface area contributed by atoms with Gasteiger partial charge in [0, 0.05) is 29.9 Å². The highest BCUT2D eigenvalue weighted by molar-refractivity contribution is 6.31. The van der Waals surface area contributed by atoms with Crippen molar-refractivity contribution in [2.45, 2.75) is 31.1 Å². The van der Waals surface area contributed by atoms with Crippen LogP contribution in [0.15, 0.2) is 18.2 Å². The fourth-order valence-electron chi connectivity index (χ4n) is 2.37. The highest BCUT2D eigenvalue weighted by Gasteiger charge is 2.45. The van der Waals surface area contributed by atoms with Crippen LogP contribution >= 0.6 is 11.6 Å². The predicted octanol–water partition coefficient (Wildman–Crippen LogP) is 2.67. The van der Waals surface area contributed by atoms with Crippen LogP contribution in [0.5, 0.6) is 0 Å². The molecule has 0 spiro atoms. The molecule has 1 saturated carbocycles. The zero-order chi connectivity index (χ0) is 16.2. The molecule has 1 aromatic rings. The maximum Gasteiger partial charge on any atom is 0.314 e. The van der Waals surface area contributed by atoms with Crippen LogP contribution in [0.3, 0.4) is 0 Å². The van der Waals surface area contributed by atoms with Crippen molar-refractivity contribution >= 4 is 23.6 Å². The van der Waals surface area contributed by atoms with E-state index in [0.29, 0.717) is 24.5 Å². The first kappa shape index (κ1) is 16.5. The predicted molar refractivity (Wildman–Crippen MR) is 80.6 cm³/mol. The second-order valence-corrected chi connectivity index (χ2v) is 5.92. The Kier molecular flexibility index (Phi) is 5.24. The molecule has 7 heteroatoms. The van der Waals surface area contributed by atoms with Gasteiger partial charge in [0.1, 0.15) is 5.82 Å². The van der Waals surface area contributed by atoms with Gasteiger partial charge in [0.05, 0.1) is 0 Å². The number of amides is 2. The largest absolute Gasteiger partial charge is 0.481 e. The first-order chi connectivity index (χ1) is 10.4. The van der Waals surface area contributed by atoms with Crippen molar-refractivity contribution < 1.29 is 19.1 Å². The number of urea groups is 1. The fourth-order valence-corrected chi connectivity index (χ4v) is 2.73. The number of carbonyl (C=O) groups is 2. The van der Waals surface area contributed by atoms with Crippen LogP contribution in [0, 0.1) is 5.82 Å². The maximum atomic E-state index is 13.1. The molecule has 120 valence electrons. The fraction of sp³-hybridized carbons (Fsp3) is 0.467. The summed E-state index contributed by atoms with van der Waals surface area (Å²) < 4.78 is 13.1. The number of nitrogens with one attached hydrogen (secondary N) is 2. The number of hydrogen-bond acceptors (Lipinski definition) is 2. The van der Waals surface area contributed by atoms with Crippen LogP contribution < -0.4 is 10.6 Å². The lowest BCUT2D eigenvalue weighted by Gasteiger charge is -2.18. The van der Waals surface area contributed by atoms with E-state index in [1.165, 1.54) is 12.1 Å². The van der Waals surface area contributed by atoms with Gasteiger partial charge in [-0.2, -0.15) is 0 Å². The Bertz CT molecular complexity index is 576. The summed E-state index contributed by atoms with van der Waals surface area (Å²) in [5, 5.41) is 14.2. The Labute approximate surface area is 132 Å². The van der Waals surface area contributed by atoms with Crippen molar-refractivity contribution in [2.75, 3.05) is 13.1 Å². The second-order valence-electron chi connectivity index (χ2n) is 5.51. The molecule has 0 saturated heterocycles. The van der Waals surface area contributed by atoms with Crippen LogP contribution in [-0.4, -0.2) is 30.2 Å². The highest BCUT2D eigenvalue weighted by atomic mass is 35.5. The van der Waals surface area contributed by atoms with Crippen molar-refractivity contribution in [2.24, 2.45) is 0 Å². The SMILES string of the molecule is O=C(O)CCCNC(=O)NCC1(c2ccc(F)cc2Cl)CC1. The Hall–Kier alpha value is -1.82. The zero-order valence-electron chi connectivity index (χ0n) is 12.0. The Balaban J connectivity index is 1.81. The topological polar surface area (TPSA) is 78.4 Å². The van der Waals surface area contributed by atoms with Gasteiger partial charge in [-0.3, -0.25) is 4.79 Å². The molecule has 22 heavy (non-hydrogen) atoms. The number of benzene rings is 1. The summed E-state index contributed by atoms with van der Waals surface area (Å²) in [5.41, 5.74) is 0.630. The number of carboxylic acids is 1. The van der Waals surface area contributed by atoms with E-state index in [1.807, 2.05) is 0 Å². The average molecular weight is 329 g/mol. The van der Waals surface area contributed by atoms with Crippen molar-refractivity contribution in [3.05, 3.63) is 34.6 Å². The first-order valence-corrected chi connectivity index (χ1v) is 7.50. The quantitative estimate of drug-likeness (QED) is 0.673. The van der Waals surface area contributed by atoms with Gasteiger partial charge in [0.2, 0.25) is 0 Å². The molecule has 1 aliphatic rings. The molecule has 1 aliphatic carbocycles. The van der Waals surface area contributed by atoms with Gasteiger partial charge in [-0.05, 0) is 37.0 Å². The molecule has 0 unspecified atom stereocenters. The Morgan fingerprint density at radius 2 is 2.05 bits per heavy atom. The average Bonchev–Trinajstić information content (AvgIpc) is 3.22. The van der Waals surface area contributed by atoms with Gasteiger partial charge >= 0.3 is 12.0 Å². The lowest BCUT2D eigenvalue weighted by Crippen LogP contribution is -2.40. The van der Waals surface area contributed by atoms with Gasteiger partial charge in [0.15, 0.2) is 0 Å². The van der Waals surface area contributed by atoms with E-state index in [2.05, 4.69) is 10.6 Å². The van der Waals surface area contributed by atoms with Crippen molar-refractivity contribution in [1.82, 2.24) is 10.6 Å². The van der Waals surface area contributed by atoms with Gasteiger partial charge in [-0.25, -0.2) is 9.18 Å². The van der Waals surface area contributed by atoms with E-state index in [0.717, 1.165) is 18.4 Å². The molecule has 1 fully saturated rings. The molecule has 0 heterocycles. The molecule has 2 rings (SSSR count). The molecule has 0 radical (unpaired) electrons. The van der Waals surface area contributed by atoms with Crippen molar-refractivity contribution in [3.8, 4) is 0 Å². The summed E-state index contributed by atoms with van der Waals surface area (Å²) in [5.74, 6) is -1.27. The Morgan fingerprint density at radius 3 is 2.64 bits per heavy atom. The van der Waals surface area contributed by atoms with Crippen LogP contribution in [0.25, 0.3) is 0 Å². The van der Waals surface area contributed by atoms with E-state index in [1.54, 1.807) is 6.07 Å². The first-order valence-electron chi connectivity index (χ1n) is 7.12. The summed E-state index contributed by atoms with van der Waals surface area (Å²) in [4.78, 5) is 22.0. The standard InChI is InChI=1S/C15H18ClFN2O3/c16-12-8-10(17)3-4-11(12)15(5-6-15)9-19-14(22)18-7-1-2-13(20)21/h3-4,8H,1-2,5-7,9H2,(H,20,21)(H2,18,19,22). The normalized spacial score (nSPS) is 15.2. The van der Waals surface area contributed by atoms with E-state index in [9.17, 15) is 14.0 Å². The third-order valence-corrected chi connectivity index (χ3v) is 4.11. The third kappa shape index (κ3) is 4.34. The molecule has 0 aliphatic heterocycles. The monoisotopic (exact) mass is 328 g/mol. The molecule has 0 bridgehead atoms. The summed E-state index contributed by atoms with van der Waals surface area (Å²) in [7, 11) is 0. The molecule has 0 atom stereocenters. The highest BCUT2D eigenvalue weighted by Crippen LogP contribution is 2.50. The van der Waals surface area contributed by atoms with E-state index < -0.39 is 5.97 Å². The van der Waals surface area contributed by atoms with E-state index >= 15 is 0 Å². The molecule has 1 aromatic carbocycles. The van der Waals surface area contributed by atoms with Crippen LogP contribution in [0.4, 0.5) is 9.18 Å². The van der Waals surface area contributed by atoms with Gasteiger partial charge in [-0.1, -0.05) is 17.7 Å². The summed E-state index contributed by atoms with van der Waals surface area (Å²) in [6.07, 6.45) is 2.18. The number of halogens is 2. The molecule has 5 nitrogen and oxygen atoms in total. The number of rotatable bonds is 7.